The fourth-order valence-electron chi connectivity index (χ4n) is 4.77. The Kier molecular flexibility index (Phi) is 6.53. The SMILES string of the molecule is CCc1ccc(CNC(=O)C2CCN(c3nccn4nc(-c5ccc(C)c(C)c5)cc34)CC2)cc1. The highest BCUT2D eigenvalue weighted by Gasteiger charge is 2.26. The van der Waals surface area contributed by atoms with Crippen molar-refractivity contribution < 1.29 is 4.79 Å². The maximum atomic E-state index is 12.8. The van der Waals surface area contributed by atoms with E-state index < -0.39 is 0 Å². The molecular weight excluding hydrogens is 434 g/mol. The summed E-state index contributed by atoms with van der Waals surface area (Å²) < 4.78 is 1.91. The van der Waals surface area contributed by atoms with Crippen molar-refractivity contribution in [2.75, 3.05) is 18.0 Å². The van der Waals surface area contributed by atoms with Crippen molar-refractivity contribution in [3.8, 4) is 11.3 Å². The third-order valence-electron chi connectivity index (χ3n) is 7.24. The van der Waals surface area contributed by atoms with Gasteiger partial charge in [-0.05, 0) is 67.5 Å². The fourth-order valence-corrected chi connectivity index (χ4v) is 4.77. The number of nitrogens with one attached hydrogen (secondary N) is 1. The van der Waals surface area contributed by atoms with Crippen LogP contribution in [0.1, 0.15) is 42.0 Å². The zero-order valence-electron chi connectivity index (χ0n) is 20.8. The second-order valence-electron chi connectivity index (χ2n) is 9.56. The van der Waals surface area contributed by atoms with Gasteiger partial charge in [0, 0.05) is 43.5 Å². The summed E-state index contributed by atoms with van der Waals surface area (Å²) in [7, 11) is 0. The predicted octanol–water partition coefficient (Wildman–Crippen LogP) is 5.11. The average Bonchev–Trinajstić information content (AvgIpc) is 3.34. The van der Waals surface area contributed by atoms with E-state index in [0.29, 0.717) is 6.54 Å². The minimum Gasteiger partial charge on any atom is -0.355 e. The standard InChI is InChI=1S/C29H33N5O/c1-4-22-6-8-23(9-7-22)19-31-29(35)24-11-14-33(15-12-24)28-27-18-26(32-34(27)16-13-30-28)25-10-5-20(2)21(3)17-25/h5-10,13,16-18,24H,4,11-12,14-15,19H2,1-3H3,(H,31,35). The van der Waals surface area contributed by atoms with Gasteiger partial charge in [-0.1, -0.05) is 43.3 Å². The van der Waals surface area contributed by atoms with Crippen LogP contribution in [0.25, 0.3) is 16.8 Å². The van der Waals surface area contributed by atoms with Crippen molar-refractivity contribution in [2.24, 2.45) is 5.92 Å². The van der Waals surface area contributed by atoms with Crippen LogP contribution in [0, 0.1) is 19.8 Å². The molecular formula is C29H33N5O. The largest absolute Gasteiger partial charge is 0.355 e. The molecule has 0 saturated carbocycles. The molecule has 6 nitrogen and oxygen atoms in total. The van der Waals surface area contributed by atoms with E-state index in [-0.39, 0.29) is 11.8 Å². The average molecular weight is 468 g/mol. The monoisotopic (exact) mass is 467 g/mol. The quantitative estimate of drug-likeness (QED) is 0.428. The third kappa shape index (κ3) is 4.92. The molecule has 1 N–H and O–H groups in total. The Labute approximate surface area is 207 Å². The van der Waals surface area contributed by atoms with Crippen LogP contribution in [-0.4, -0.2) is 33.6 Å². The van der Waals surface area contributed by atoms with Crippen LogP contribution in [0.15, 0.2) is 60.9 Å². The second-order valence-corrected chi connectivity index (χ2v) is 9.56. The topological polar surface area (TPSA) is 62.5 Å². The van der Waals surface area contributed by atoms with Crippen LogP contribution in [0.5, 0.6) is 0 Å². The van der Waals surface area contributed by atoms with Crippen molar-refractivity contribution in [1.82, 2.24) is 19.9 Å². The van der Waals surface area contributed by atoms with E-state index in [4.69, 9.17) is 10.1 Å². The molecule has 2 aromatic heterocycles. The first-order valence-corrected chi connectivity index (χ1v) is 12.5. The highest BCUT2D eigenvalue weighted by molar-refractivity contribution is 5.79. The lowest BCUT2D eigenvalue weighted by atomic mass is 9.95. The van der Waals surface area contributed by atoms with Gasteiger partial charge >= 0.3 is 0 Å². The number of hydrogen-bond donors (Lipinski definition) is 1. The normalized spacial score (nSPS) is 14.4. The van der Waals surface area contributed by atoms with E-state index >= 15 is 0 Å². The van der Waals surface area contributed by atoms with Crippen molar-refractivity contribution in [1.29, 1.82) is 0 Å². The number of aryl methyl sites for hydroxylation is 3. The summed E-state index contributed by atoms with van der Waals surface area (Å²) in [5.41, 5.74) is 8.06. The van der Waals surface area contributed by atoms with Gasteiger partial charge < -0.3 is 10.2 Å². The molecule has 5 rings (SSSR count). The Morgan fingerprint density at radius 2 is 1.74 bits per heavy atom. The molecule has 6 heteroatoms. The van der Waals surface area contributed by atoms with E-state index in [0.717, 1.165) is 60.5 Å². The van der Waals surface area contributed by atoms with Crippen LogP contribution in [-0.2, 0) is 17.8 Å². The van der Waals surface area contributed by atoms with Gasteiger partial charge in [0.1, 0.15) is 5.52 Å². The Morgan fingerprint density at radius 1 is 1.00 bits per heavy atom. The predicted molar refractivity (Wildman–Crippen MR) is 141 cm³/mol. The smallest absolute Gasteiger partial charge is 0.223 e. The first kappa shape index (κ1) is 23.1. The summed E-state index contributed by atoms with van der Waals surface area (Å²) in [6, 6.07) is 17.0. The zero-order chi connectivity index (χ0) is 24.4. The molecule has 2 aromatic carbocycles. The number of piperidine rings is 1. The van der Waals surface area contributed by atoms with Gasteiger partial charge in [-0.15, -0.1) is 0 Å². The van der Waals surface area contributed by atoms with Crippen LogP contribution in [0.2, 0.25) is 0 Å². The van der Waals surface area contributed by atoms with Gasteiger partial charge in [0.2, 0.25) is 5.91 Å². The number of rotatable bonds is 6. The van der Waals surface area contributed by atoms with E-state index in [9.17, 15) is 4.79 Å². The summed E-state index contributed by atoms with van der Waals surface area (Å²) in [4.78, 5) is 19.8. The molecule has 1 amide bonds. The Balaban J connectivity index is 1.24. The Morgan fingerprint density at radius 3 is 2.46 bits per heavy atom. The molecule has 180 valence electrons. The molecule has 3 heterocycles. The van der Waals surface area contributed by atoms with Gasteiger partial charge in [0.05, 0.1) is 5.69 Å². The molecule has 1 saturated heterocycles. The first-order valence-electron chi connectivity index (χ1n) is 12.5. The van der Waals surface area contributed by atoms with Gasteiger partial charge in [-0.3, -0.25) is 4.79 Å². The molecule has 0 spiro atoms. The summed E-state index contributed by atoms with van der Waals surface area (Å²) in [6.07, 6.45) is 6.38. The van der Waals surface area contributed by atoms with Crippen molar-refractivity contribution in [2.45, 2.75) is 46.6 Å². The van der Waals surface area contributed by atoms with Gasteiger partial charge in [-0.2, -0.15) is 5.10 Å². The number of fused-ring (bicyclic) bond motifs is 1. The van der Waals surface area contributed by atoms with Gasteiger partial charge in [-0.25, -0.2) is 9.50 Å². The molecule has 0 bridgehead atoms. The molecule has 1 aliphatic rings. The number of amides is 1. The van der Waals surface area contributed by atoms with Gasteiger partial charge in [0.15, 0.2) is 5.82 Å². The number of hydrogen-bond acceptors (Lipinski definition) is 4. The lowest BCUT2D eigenvalue weighted by Crippen LogP contribution is -2.40. The molecule has 4 aromatic rings. The summed E-state index contributed by atoms with van der Waals surface area (Å²) >= 11 is 0. The number of benzene rings is 2. The zero-order valence-corrected chi connectivity index (χ0v) is 20.8. The number of aromatic nitrogens is 3. The van der Waals surface area contributed by atoms with Crippen molar-refractivity contribution in [3.05, 3.63) is 83.2 Å². The summed E-state index contributed by atoms with van der Waals surface area (Å²) in [5.74, 6) is 1.12. The minimum atomic E-state index is 0.0388. The van der Waals surface area contributed by atoms with E-state index in [1.807, 2.05) is 16.9 Å². The maximum Gasteiger partial charge on any atom is 0.223 e. The van der Waals surface area contributed by atoms with Crippen LogP contribution in [0.3, 0.4) is 0 Å². The van der Waals surface area contributed by atoms with E-state index in [2.05, 4.69) is 79.5 Å². The molecule has 1 aliphatic heterocycles. The van der Waals surface area contributed by atoms with E-state index in [1.54, 1.807) is 0 Å². The first-order chi connectivity index (χ1) is 17.0. The number of carbonyl (C=O) groups excluding carboxylic acids is 1. The minimum absolute atomic E-state index is 0.0388. The second kappa shape index (κ2) is 9.90. The van der Waals surface area contributed by atoms with Crippen LogP contribution < -0.4 is 10.2 Å². The number of carbonyl (C=O) groups is 1. The molecule has 0 unspecified atom stereocenters. The number of nitrogens with zero attached hydrogens (tertiary/aromatic N) is 4. The lowest BCUT2D eigenvalue weighted by Gasteiger charge is -2.32. The van der Waals surface area contributed by atoms with Crippen molar-refractivity contribution >= 4 is 17.2 Å². The molecule has 0 aliphatic carbocycles. The Hall–Kier alpha value is -3.67. The molecule has 35 heavy (non-hydrogen) atoms. The van der Waals surface area contributed by atoms with Crippen molar-refractivity contribution in [3.63, 3.8) is 0 Å². The lowest BCUT2D eigenvalue weighted by molar-refractivity contribution is -0.125. The van der Waals surface area contributed by atoms with E-state index in [1.165, 1.54) is 16.7 Å². The summed E-state index contributed by atoms with van der Waals surface area (Å²) in [6.45, 7) is 8.60. The van der Waals surface area contributed by atoms with Crippen LogP contribution >= 0.6 is 0 Å². The van der Waals surface area contributed by atoms with Gasteiger partial charge in [0.25, 0.3) is 0 Å². The third-order valence-corrected chi connectivity index (χ3v) is 7.24. The molecule has 1 fully saturated rings. The Bertz CT molecular complexity index is 1330. The fraction of sp³-hybridized carbons (Fsp3) is 0.345. The maximum absolute atomic E-state index is 12.8. The highest BCUT2D eigenvalue weighted by atomic mass is 16.1. The highest BCUT2D eigenvalue weighted by Crippen LogP contribution is 2.29. The van der Waals surface area contributed by atoms with Crippen LogP contribution in [0.4, 0.5) is 5.82 Å². The molecule has 0 atom stereocenters. The molecule has 0 radical (unpaired) electrons. The summed E-state index contributed by atoms with van der Waals surface area (Å²) in [5, 5.41) is 7.94. The number of anilines is 1.